The molecule has 1 N–H and O–H groups in total. The predicted molar refractivity (Wildman–Crippen MR) is 86.1 cm³/mol. The van der Waals surface area contributed by atoms with E-state index in [1.165, 1.54) is 6.07 Å². The van der Waals surface area contributed by atoms with Crippen LogP contribution in [0.4, 0.5) is 4.39 Å². The third kappa shape index (κ3) is 4.01. The average Bonchev–Trinajstić information content (AvgIpc) is 2.55. The van der Waals surface area contributed by atoms with Gasteiger partial charge in [-0.3, -0.25) is 4.79 Å². The molecule has 2 aliphatic rings. The number of rotatable bonds is 2. The Kier molecular flexibility index (Phi) is 6.35. The van der Waals surface area contributed by atoms with Gasteiger partial charge < -0.3 is 19.7 Å². The smallest absolute Gasteiger partial charge is 0.242 e. The lowest BCUT2D eigenvalue weighted by Crippen LogP contribution is -2.58. The SMILES string of the molecule is C[C@H]1OCCN[C@@H]1C(=O)N1CCOC(c2ccccc2F)C1.Cl. The molecule has 128 valence electrons. The Morgan fingerprint density at radius 2 is 2.09 bits per heavy atom. The number of nitrogens with one attached hydrogen (secondary N) is 1. The van der Waals surface area contributed by atoms with Crippen LogP contribution in [0.3, 0.4) is 0 Å². The second-order valence-electron chi connectivity index (χ2n) is 5.67. The molecule has 1 amide bonds. The third-order valence-electron chi connectivity index (χ3n) is 4.21. The van der Waals surface area contributed by atoms with Gasteiger partial charge >= 0.3 is 0 Å². The average molecular weight is 345 g/mol. The van der Waals surface area contributed by atoms with Gasteiger partial charge in [-0.2, -0.15) is 0 Å². The van der Waals surface area contributed by atoms with Gasteiger partial charge in [0.1, 0.15) is 18.0 Å². The Bertz CT molecular complexity index is 546. The highest BCUT2D eigenvalue weighted by atomic mass is 35.5. The summed E-state index contributed by atoms with van der Waals surface area (Å²) in [4.78, 5) is 14.4. The predicted octanol–water partition coefficient (Wildman–Crippen LogP) is 1.52. The number of hydrogen-bond acceptors (Lipinski definition) is 4. The van der Waals surface area contributed by atoms with Crippen molar-refractivity contribution >= 4 is 18.3 Å². The molecule has 0 spiro atoms. The summed E-state index contributed by atoms with van der Waals surface area (Å²) in [6.07, 6.45) is -0.574. The highest BCUT2D eigenvalue weighted by Crippen LogP contribution is 2.25. The van der Waals surface area contributed by atoms with Gasteiger partial charge in [-0.1, -0.05) is 18.2 Å². The van der Waals surface area contributed by atoms with Gasteiger partial charge in [0.05, 0.1) is 25.9 Å². The third-order valence-corrected chi connectivity index (χ3v) is 4.21. The molecule has 0 radical (unpaired) electrons. The van der Waals surface area contributed by atoms with Crippen LogP contribution in [0, 0.1) is 5.82 Å². The molecular weight excluding hydrogens is 323 g/mol. The van der Waals surface area contributed by atoms with Crippen molar-refractivity contribution in [1.82, 2.24) is 10.2 Å². The molecule has 3 rings (SSSR count). The van der Waals surface area contributed by atoms with E-state index in [9.17, 15) is 9.18 Å². The molecule has 0 aliphatic carbocycles. The van der Waals surface area contributed by atoms with E-state index in [0.717, 1.165) is 0 Å². The molecule has 2 fully saturated rings. The largest absolute Gasteiger partial charge is 0.375 e. The monoisotopic (exact) mass is 344 g/mol. The number of halogens is 2. The van der Waals surface area contributed by atoms with E-state index in [-0.39, 0.29) is 36.3 Å². The molecule has 23 heavy (non-hydrogen) atoms. The highest BCUT2D eigenvalue weighted by Gasteiger charge is 2.35. The van der Waals surface area contributed by atoms with Gasteiger partial charge in [0.2, 0.25) is 5.91 Å². The molecule has 1 aromatic carbocycles. The lowest BCUT2D eigenvalue weighted by atomic mass is 10.0. The van der Waals surface area contributed by atoms with E-state index in [2.05, 4.69) is 5.32 Å². The minimum atomic E-state index is -0.418. The highest BCUT2D eigenvalue weighted by molar-refractivity contribution is 5.85. The topological polar surface area (TPSA) is 50.8 Å². The van der Waals surface area contributed by atoms with Crippen LogP contribution in [0.1, 0.15) is 18.6 Å². The van der Waals surface area contributed by atoms with Crippen molar-refractivity contribution in [3.8, 4) is 0 Å². The minimum Gasteiger partial charge on any atom is -0.375 e. The van der Waals surface area contributed by atoms with Crippen molar-refractivity contribution in [2.24, 2.45) is 0 Å². The normalized spacial score (nSPS) is 28.1. The molecular formula is C16H22ClFN2O3. The number of ether oxygens (including phenoxy) is 2. The summed E-state index contributed by atoms with van der Waals surface area (Å²) >= 11 is 0. The van der Waals surface area contributed by atoms with Crippen LogP contribution in [-0.4, -0.2) is 55.8 Å². The van der Waals surface area contributed by atoms with Gasteiger partial charge in [0.15, 0.2) is 0 Å². The van der Waals surface area contributed by atoms with Crippen molar-refractivity contribution in [2.75, 3.05) is 32.8 Å². The Morgan fingerprint density at radius 3 is 2.83 bits per heavy atom. The molecule has 7 heteroatoms. The van der Waals surface area contributed by atoms with Crippen molar-refractivity contribution < 1.29 is 18.7 Å². The molecule has 2 aliphatic heterocycles. The summed E-state index contributed by atoms with van der Waals surface area (Å²) in [5.41, 5.74) is 0.501. The molecule has 1 aromatic rings. The Balaban J connectivity index is 0.00000192. The van der Waals surface area contributed by atoms with Crippen LogP contribution in [0.2, 0.25) is 0 Å². The summed E-state index contributed by atoms with van der Waals surface area (Å²) in [7, 11) is 0. The number of amides is 1. The lowest BCUT2D eigenvalue weighted by Gasteiger charge is -2.38. The molecule has 0 aromatic heterocycles. The summed E-state index contributed by atoms with van der Waals surface area (Å²) in [6.45, 7) is 4.48. The van der Waals surface area contributed by atoms with E-state index in [0.29, 0.717) is 38.4 Å². The van der Waals surface area contributed by atoms with Crippen LogP contribution in [0.15, 0.2) is 24.3 Å². The van der Waals surface area contributed by atoms with Gasteiger partial charge in [-0.25, -0.2) is 4.39 Å². The maximum Gasteiger partial charge on any atom is 0.242 e. The van der Waals surface area contributed by atoms with Crippen LogP contribution < -0.4 is 5.32 Å². The summed E-state index contributed by atoms with van der Waals surface area (Å²) in [5.74, 6) is -0.300. The Morgan fingerprint density at radius 1 is 1.30 bits per heavy atom. The number of nitrogens with zero attached hydrogens (tertiary/aromatic N) is 1. The maximum absolute atomic E-state index is 13.9. The fourth-order valence-electron chi connectivity index (χ4n) is 2.98. The van der Waals surface area contributed by atoms with Crippen LogP contribution in [0.25, 0.3) is 0 Å². The summed E-state index contributed by atoms with van der Waals surface area (Å²) < 4.78 is 25.1. The Hall–Kier alpha value is -1.21. The van der Waals surface area contributed by atoms with E-state index >= 15 is 0 Å². The minimum absolute atomic E-state index is 0. The number of hydrogen-bond donors (Lipinski definition) is 1. The lowest BCUT2D eigenvalue weighted by molar-refractivity contribution is -0.147. The quantitative estimate of drug-likeness (QED) is 0.884. The fourth-order valence-corrected chi connectivity index (χ4v) is 2.98. The molecule has 0 saturated carbocycles. The summed E-state index contributed by atoms with van der Waals surface area (Å²) in [5, 5.41) is 3.20. The van der Waals surface area contributed by atoms with Gasteiger partial charge in [-0.05, 0) is 13.0 Å². The first kappa shape index (κ1) is 18.1. The molecule has 3 atom stereocenters. The van der Waals surface area contributed by atoms with E-state index < -0.39 is 6.10 Å². The summed E-state index contributed by atoms with van der Waals surface area (Å²) in [6, 6.07) is 6.21. The number of carbonyl (C=O) groups is 1. The Labute approximate surface area is 141 Å². The number of morpholine rings is 2. The van der Waals surface area contributed by atoms with Gasteiger partial charge in [0.25, 0.3) is 0 Å². The molecule has 2 heterocycles. The zero-order valence-corrected chi connectivity index (χ0v) is 13.9. The maximum atomic E-state index is 13.9. The number of carbonyl (C=O) groups excluding carboxylic acids is 1. The van der Waals surface area contributed by atoms with Crippen LogP contribution in [0.5, 0.6) is 0 Å². The van der Waals surface area contributed by atoms with Crippen molar-refractivity contribution in [1.29, 1.82) is 0 Å². The van der Waals surface area contributed by atoms with Crippen molar-refractivity contribution in [3.63, 3.8) is 0 Å². The first-order valence-electron chi connectivity index (χ1n) is 7.66. The first-order valence-corrected chi connectivity index (χ1v) is 7.66. The standard InChI is InChI=1S/C16H21FN2O3.ClH/c1-11-15(18-6-8-21-11)16(20)19-7-9-22-14(10-19)12-4-2-3-5-13(12)17;/h2-5,11,14-15,18H,6-10H2,1H3;1H/t11-,14?,15+;/m1./s1. The molecule has 2 saturated heterocycles. The zero-order valence-electron chi connectivity index (χ0n) is 13.0. The number of benzene rings is 1. The molecule has 0 bridgehead atoms. The van der Waals surface area contributed by atoms with Crippen LogP contribution in [-0.2, 0) is 14.3 Å². The fraction of sp³-hybridized carbons (Fsp3) is 0.562. The molecule has 1 unspecified atom stereocenters. The van der Waals surface area contributed by atoms with Gasteiger partial charge in [0, 0.05) is 18.7 Å². The second-order valence-corrected chi connectivity index (χ2v) is 5.67. The van der Waals surface area contributed by atoms with Crippen molar-refractivity contribution in [2.45, 2.75) is 25.2 Å². The van der Waals surface area contributed by atoms with E-state index in [1.807, 2.05) is 6.92 Å². The van der Waals surface area contributed by atoms with E-state index in [1.54, 1.807) is 23.1 Å². The second kappa shape index (κ2) is 8.06. The van der Waals surface area contributed by atoms with Crippen LogP contribution >= 0.6 is 12.4 Å². The van der Waals surface area contributed by atoms with E-state index in [4.69, 9.17) is 9.47 Å². The van der Waals surface area contributed by atoms with Crippen molar-refractivity contribution in [3.05, 3.63) is 35.6 Å². The molecule has 5 nitrogen and oxygen atoms in total. The first-order chi connectivity index (χ1) is 10.7. The zero-order chi connectivity index (χ0) is 15.5. The van der Waals surface area contributed by atoms with Gasteiger partial charge in [-0.15, -0.1) is 12.4 Å².